The SMILES string of the molecule is COc1ccc(C(Br)c2cc(C)c(C)s2)cc1Br. The molecular formula is C14H14Br2OS. The first kappa shape index (κ1) is 14.1. The summed E-state index contributed by atoms with van der Waals surface area (Å²) in [5.74, 6) is 0.858. The lowest BCUT2D eigenvalue weighted by Crippen LogP contribution is -1.91. The number of rotatable bonds is 3. The third-order valence-corrected chi connectivity index (χ3v) is 6.07. The summed E-state index contributed by atoms with van der Waals surface area (Å²) >= 11 is 9.14. The van der Waals surface area contributed by atoms with E-state index in [9.17, 15) is 0 Å². The fourth-order valence-corrected chi connectivity index (χ4v) is 4.04. The Morgan fingerprint density at radius 2 is 1.94 bits per heavy atom. The van der Waals surface area contributed by atoms with Crippen molar-refractivity contribution in [2.45, 2.75) is 18.7 Å². The molecule has 0 bridgehead atoms. The zero-order chi connectivity index (χ0) is 13.3. The number of aryl methyl sites for hydroxylation is 2. The molecule has 0 amide bonds. The Labute approximate surface area is 128 Å². The van der Waals surface area contributed by atoms with Crippen LogP contribution in [-0.4, -0.2) is 7.11 Å². The maximum absolute atomic E-state index is 5.25. The second kappa shape index (κ2) is 5.76. The molecule has 1 heterocycles. The molecular weight excluding hydrogens is 376 g/mol. The molecule has 0 saturated carbocycles. The molecule has 18 heavy (non-hydrogen) atoms. The molecule has 4 heteroatoms. The topological polar surface area (TPSA) is 9.23 Å². The van der Waals surface area contributed by atoms with Gasteiger partial charge in [0, 0.05) is 9.75 Å². The van der Waals surface area contributed by atoms with Gasteiger partial charge in [-0.2, -0.15) is 0 Å². The van der Waals surface area contributed by atoms with E-state index >= 15 is 0 Å². The Morgan fingerprint density at radius 1 is 1.22 bits per heavy atom. The van der Waals surface area contributed by atoms with E-state index in [4.69, 9.17) is 4.74 Å². The molecule has 1 aromatic carbocycles. The van der Waals surface area contributed by atoms with E-state index in [2.05, 4.69) is 63.9 Å². The summed E-state index contributed by atoms with van der Waals surface area (Å²) in [6.07, 6.45) is 0. The van der Waals surface area contributed by atoms with Crippen molar-refractivity contribution in [1.82, 2.24) is 0 Å². The van der Waals surface area contributed by atoms with Gasteiger partial charge in [-0.1, -0.05) is 22.0 Å². The lowest BCUT2D eigenvalue weighted by molar-refractivity contribution is 0.412. The Balaban J connectivity index is 2.33. The van der Waals surface area contributed by atoms with Crippen LogP contribution in [0.1, 0.15) is 25.7 Å². The van der Waals surface area contributed by atoms with Gasteiger partial charge in [-0.3, -0.25) is 0 Å². The molecule has 0 aliphatic carbocycles. The number of alkyl halides is 1. The number of hydrogen-bond donors (Lipinski definition) is 0. The fourth-order valence-electron chi connectivity index (χ4n) is 1.73. The van der Waals surface area contributed by atoms with Crippen molar-refractivity contribution in [3.8, 4) is 5.75 Å². The van der Waals surface area contributed by atoms with Crippen molar-refractivity contribution in [2.24, 2.45) is 0 Å². The number of hydrogen-bond acceptors (Lipinski definition) is 2. The number of methoxy groups -OCH3 is 1. The van der Waals surface area contributed by atoms with Crippen molar-refractivity contribution >= 4 is 43.2 Å². The predicted molar refractivity (Wildman–Crippen MR) is 85.3 cm³/mol. The lowest BCUT2D eigenvalue weighted by Gasteiger charge is -2.10. The number of thiophene rings is 1. The molecule has 96 valence electrons. The lowest BCUT2D eigenvalue weighted by atomic mass is 10.1. The third-order valence-electron chi connectivity index (χ3n) is 2.90. The molecule has 0 saturated heterocycles. The van der Waals surface area contributed by atoms with Crippen molar-refractivity contribution in [3.63, 3.8) is 0 Å². The second-order valence-electron chi connectivity index (χ2n) is 4.14. The maximum Gasteiger partial charge on any atom is 0.133 e. The maximum atomic E-state index is 5.25. The standard InChI is InChI=1S/C14H14Br2OS/c1-8-6-13(18-9(8)2)14(16)10-4-5-12(17-3)11(15)7-10/h4-7,14H,1-3H3. The molecule has 2 rings (SSSR count). The van der Waals surface area contributed by atoms with Gasteiger partial charge in [-0.05, 0) is 59.1 Å². The monoisotopic (exact) mass is 388 g/mol. The van der Waals surface area contributed by atoms with Crippen molar-refractivity contribution in [3.05, 3.63) is 49.6 Å². The van der Waals surface area contributed by atoms with Gasteiger partial charge in [0.25, 0.3) is 0 Å². The molecule has 0 spiro atoms. The predicted octanol–water partition coefficient (Wildman–Crippen LogP) is 5.62. The van der Waals surface area contributed by atoms with E-state index in [-0.39, 0.29) is 4.83 Å². The molecule has 0 aliphatic heterocycles. The van der Waals surface area contributed by atoms with Gasteiger partial charge < -0.3 is 4.74 Å². The first-order chi connectivity index (χ1) is 8.52. The fraction of sp³-hybridized carbons (Fsp3) is 0.286. The quantitative estimate of drug-likeness (QED) is 0.619. The van der Waals surface area contributed by atoms with Gasteiger partial charge in [0.1, 0.15) is 5.75 Å². The van der Waals surface area contributed by atoms with Crippen molar-refractivity contribution < 1.29 is 4.74 Å². The Bertz CT molecular complexity index is 543. The van der Waals surface area contributed by atoms with Gasteiger partial charge in [0.2, 0.25) is 0 Å². The summed E-state index contributed by atoms with van der Waals surface area (Å²) in [5, 5.41) is 0. The van der Waals surface area contributed by atoms with Gasteiger partial charge in [0.05, 0.1) is 16.4 Å². The van der Waals surface area contributed by atoms with E-state index in [1.165, 1.54) is 20.9 Å². The van der Waals surface area contributed by atoms with Crippen LogP contribution in [-0.2, 0) is 0 Å². The molecule has 0 aliphatic rings. The average molecular weight is 390 g/mol. The minimum absolute atomic E-state index is 0.233. The number of halogens is 2. The van der Waals surface area contributed by atoms with Crippen molar-refractivity contribution in [2.75, 3.05) is 7.11 Å². The smallest absolute Gasteiger partial charge is 0.133 e. The summed E-state index contributed by atoms with van der Waals surface area (Å²) in [5.41, 5.74) is 2.58. The largest absolute Gasteiger partial charge is 0.496 e. The Morgan fingerprint density at radius 3 is 2.44 bits per heavy atom. The highest BCUT2D eigenvalue weighted by Gasteiger charge is 2.15. The van der Waals surface area contributed by atoms with E-state index in [1.807, 2.05) is 17.4 Å². The Hall–Kier alpha value is -0.320. The van der Waals surface area contributed by atoms with Crippen LogP contribution in [0.4, 0.5) is 0 Å². The van der Waals surface area contributed by atoms with E-state index < -0.39 is 0 Å². The van der Waals surface area contributed by atoms with Gasteiger partial charge in [-0.15, -0.1) is 11.3 Å². The van der Waals surface area contributed by atoms with Crippen molar-refractivity contribution in [1.29, 1.82) is 0 Å². The zero-order valence-electron chi connectivity index (χ0n) is 10.5. The van der Waals surface area contributed by atoms with Crippen LogP contribution >= 0.6 is 43.2 Å². The van der Waals surface area contributed by atoms with Crippen LogP contribution in [0.15, 0.2) is 28.7 Å². The van der Waals surface area contributed by atoms with Crippen LogP contribution in [0.2, 0.25) is 0 Å². The van der Waals surface area contributed by atoms with Crippen LogP contribution in [0.3, 0.4) is 0 Å². The van der Waals surface area contributed by atoms with Crippen LogP contribution in [0, 0.1) is 13.8 Å². The molecule has 2 aromatic rings. The normalized spacial score (nSPS) is 12.5. The molecule has 1 unspecified atom stereocenters. The summed E-state index contributed by atoms with van der Waals surface area (Å²) < 4.78 is 6.23. The number of benzene rings is 1. The van der Waals surface area contributed by atoms with E-state index in [0.29, 0.717) is 0 Å². The van der Waals surface area contributed by atoms with Gasteiger partial charge in [0.15, 0.2) is 0 Å². The highest BCUT2D eigenvalue weighted by atomic mass is 79.9. The molecule has 1 aromatic heterocycles. The summed E-state index contributed by atoms with van der Waals surface area (Å²) in [6, 6.07) is 8.43. The highest BCUT2D eigenvalue weighted by molar-refractivity contribution is 9.10. The summed E-state index contributed by atoms with van der Waals surface area (Å²) in [7, 11) is 1.68. The minimum atomic E-state index is 0.233. The molecule has 0 radical (unpaired) electrons. The van der Waals surface area contributed by atoms with Gasteiger partial charge in [-0.25, -0.2) is 0 Å². The van der Waals surface area contributed by atoms with E-state index in [0.717, 1.165) is 10.2 Å². The summed E-state index contributed by atoms with van der Waals surface area (Å²) in [4.78, 5) is 2.95. The van der Waals surface area contributed by atoms with Crippen LogP contribution in [0.25, 0.3) is 0 Å². The van der Waals surface area contributed by atoms with Crippen LogP contribution < -0.4 is 4.74 Å². The molecule has 1 nitrogen and oxygen atoms in total. The van der Waals surface area contributed by atoms with Gasteiger partial charge >= 0.3 is 0 Å². The average Bonchev–Trinajstić information content (AvgIpc) is 2.68. The summed E-state index contributed by atoms with van der Waals surface area (Å²) in [6.45, 7) is 4.31. The highest BCUT2D eigenvalue weighted by Crippen LogP contribution is 2.39. The molecule has 0 N–H and O–H groups in total. The molecule has 0 fully saturated rings. The Kier molecular flexibility index (Phi) is 4.51. The second-order valence-corrected chi connectivity index (χ2v) is 7.20. The van der Waals surface area contributed by atoms with Crippen LogP contribution in [0.5, 0.6) is 5.75 Å². The third kappa shape index (κ3) is 2.81. The zero-order valence-corrected chi connectivity index (χ0v) is 14.4. The number of ether oxygens (including phenoxy) is 1. The minimum Gasteiger partial charge on any atom is -0.496 e. The van der Waals surface area contributed by atoms with E-state index in [1.54, 1.807) is 7.11 Å². The first-order valence-electron chi connectivity index (χ1n) is 5.57. The first-order valence-corrected chi connectivity index (χ1v) is 8.10. The molecule has 1 atom stereocenters.